The molecule has 5 nitrogen and oxygen atoms in total. The second-order valence-corrected chi connectivity index (χ2v) is 8.85. The van der Waals surface area contributed by atoms with Crippen LogP contribution in [0, 0.1) is 0 Å². The van der Waals surface area contributed by atoms with E-state index < -0.39 is 10.0 Å². The highest BCUT2D eigenvalue weighted by Crippen LogP contribution is 2.39. The fraction of sp³-hybridized carbons (Fsp3) is 0.368. The first kappa shape index (κ1) is 19.2. The van der Waals surface area contributed by atoms with Gasteiger partial charge in [0.15, 0.2) is 0 Å². The number of rotatable bonds is 6. The van der Waals surface area contributed by atoms with Gasteiger partial charge in [-0.15, -0.1) is 0 Å². The van der Waals surface area contributed by atoms with Gasteiger partial charge in [-0.05, 0) is 55.7 Å². The molecule has 2 aromatic rings. The summed E-state index contributed by atoms with van der Waals surface area (Å²) in [6, 6.07) is 12.5. The Kier molecular flexibility index (Phi) is 5.89. The topological polar surface area (TPSA) is 55.8 Å². The van der Waals surface area contributed by atoms with Crippen molar-refractivity contribution in [1.82, 2.24) is 4.31 Å². The number of nitrogens with zero attached hydrogens (tertiary/aromatic N) is 1. The molecule has 0 N–H and O–H groups in total. The number of hydrogen-bond acceptors (Lipinski definition) is 4. The molecule has 0 bridgehead atoms. The molecule has 140 valence electrons. The van der Waals surface area contributed by atoms with Crippen LogP contribution in [0.1, 0.15) is 31.4 Å². The SMILES string of the molecule is CCOc1ccc(C2CCCN2S(=O)(=O)c2cc(Br)ccc2OC)cc1. The van der Waals surface area contributed by atoms with E-state index in [9.17, 15) is 8.42 Å². The zero-order chi connectivity index (χ0) is 18.7. The summed E-state index contributed by atoms with van der Waals surface area (Å²) in [6.45, 7) is 3.03. The van der Waals surface area contributed by atoms with Gasteiger partial charge in [-0.1, -0.05) is 28.1 Å². The van der Waals surface area contributed by atoms with E-state index in [1.807, 2.05) is 31.2 Å². The molecule has 0 aliphatic carbocycles. The first-order valence-corrected chi connectivity index (χ1v) is 10.8. The van der Waals surface area contributed by atoms with Gasteiger partial charge in [0.1, 0.15) is 16.4 Å². The molecule has 1 fully saturated rings. The third-order valence-corrected chi connectivity index (χ3v) is 6.91. The minimum Gasteiger partial charge on any atom is -0.495 e. The first-order valence-electron chi connectivity index (χ1n) is 8.55. The molecule has 2 aromatic carbocycles. The van der Waals surface area contributed by atoms with E-state index in [-0.39, 0.29) is 10.9 Å². The average Bonchev–Trinajstić information content (AvgIpc) is 3.13. The molecule has 1 aliphatic heterocycles. The van der Waals surface area contributed by atoms with E-state index >= 15 is 0 Å². The average molecular weight is 440 g/mol. The molecule has 3 rings (SSSR count). The number of sulfonamides is 1. The van der Waals surface area contributed by atoms with Crippen LogP contribution >= 0.6 is 15.9 Å². The second kappa shape index (κ2) is 7.98. The van der Waals surface area contributed by atoms with Crippen molar-refractivity contribution in [3.05, 3.63) is 52.5 Å². The molecule has 26 heavy (non-hydrogen) atoms. The number of ether oxygens (including phenoxy) is 2. The Morgan fingerprint density at radius 2 is 1.92 bits per heavy atom. The number of benzene rings is 2. The van der Waals surface area contributed by atoms with E-state index in [1.54, 1.807) is 22.5 Å². The minimum atomic E-state index is -3.67. The molecular formula is C19H22BrNO4S. The molecule has 1 unspecified atom stereocenters. The highest BCUT2D eigenvalue weighted by atomic mass is 79.9. The third-order valence-electron chi connectivity index (χ3n) is 4.49. The van der Waals surface area contributed by atoms with Crippen molar-refractivity contribution >= 4 is 26.0 Å². The summed E-state index contributed by atoms with van der Waals surface area (Å²) in [4.78, 5) is 0.187. The van der Waals surface area contributed by atoms with Crippen LogP contribution in [0.15, 0.2) is 51.8 Å². The Labute approximate surface area is 163 Å². The third kappa shape index (κ3) is 3.75. The number of methoxy groups -OCH3 is 1. The summed E-state index contributed by atoms with van der Waals surface area (Å²) in [5, 5.41) is 0. The zero-order valence-corrected chi connectivity index (χ0v) is 17.2. The van der Waals surface area contributed by atoms with Crippen molar-refractivity contribution in [2.24, 2.45) is 0 Å². The van der Waals surface area contributed by atoms with Gasteiger partial charge in [-0.2, -0.15) is 4.31 Å². The van der Waals surface area contributed by atoms with Crippen LogP contribution in [0.2, 0.25) is 0 Å². The van der Waals surface area contributed by atoms with Crippen molar-refractivity contribution in [1.29, 1.82) is 0 Å². The van der Waals surface area contributed by atoms with Gasteiger partial charge in [0.05, 0.1) is 19.8 Å². The fourth-order valence-electron chi connectivity index (χ4n) is 3.29. The molecule has 7 heteroatoms. The molecule has 1 aliphatic rings. The van der Waals surface area contributed by atoms with E-state index in [0.29, 0.717) is 23.4 Å². The number of hydrogen-bond donors (Lipinski definition) is 0. The quantitative estimate of drug-likeness (QED) is 0.669. The second-order valence-electron chi connectivity index (χ2n) is 6.07. The van der Waals surface area contributed by atoms with Crippen LogP contribution in [-0.2, 0) is 10.0 Å². The minimum absolute atomic E-state index is 0.181. The van der Waals surface area contributed by atoms with Gasteiger partial charge in [0, 0.05) is 11.0 Å². The normalized spacial score (nSPS) is 18.0. The molecule has 0 radical (unpaired) electrons. The standard InChI is InChI=1S/C19H22BrNO4S/c1-3-25-16-9-6-14(7-10-16)17-5-4-12-21(17)26(22,23)19-13-15(20)8-11-18(19)24-2/h6-11,13,17H,3-5,12H2,1-2H3. The molecule has 1 saturated heterocycles. The van der Waals surface area contributed by atoms with Gasteiger partial charge < -0.3 is 9.47 Å². The van der Waals surface area contributed by atoms with Gasteiger partial charge in [0.2, 0.25) is 10.0 Å². The van der Waals surface area contributed by atoms with Crippen molar-refractivity contribution in [2.45, 2.75) is 30.7 Å². The van der Waals surface area contributed by atoms with Crippen molar-refractivity contribution in [2.75, 3.05) is 20.3 Å². The Morgan fingerprint density at radius 1 is 1.19 bits per heavy atom. The van der Waals surface area contributed by atoms with E-state index in [0.717, 1.165) is 24.2 Å². The van der Waals surface area contributed by atoms with Gasteiger partial charge >= 0.3 is 0 Å². The Morgan fingerprint density at radius 3 is 2.58 bits per heavy atom. The fourth-order valence-corrected chi connectivity index (χ4v) is 5.67. The van der Waals surface area contributed by atoms with Crippen molar-refractivity contribution in [3.63, 3.8) is 0 Å². The molecule has 0 saturated carbocycles. The first-order chi connectivity index (χ1) is 12.5. The smallest absolute Gasteiger partial charge is 0.247 e. The molecule has 0 spiro atoms. The summed E-state index contributed by atoms with van der Waals surface area (Å²) < 4.78 is 39.7. The maximum absolute atomic E-state index is 13.3. The van der Waals surface area contributed by atoms with Gasteiger partial charge in [-0.3, -0.25) is 0 Å². The predicted octanol–water partition coefficient (Wildman–Crippen LogP) is 4.38. The van der Waals surface area contributed by atoms with Gasteiger partial charge in [0.25, 0.3) is 0 Å². The van der Waals surface area contributed by atoms with Crippen LogP contribution in [0.4, 0.5) is 0 Å². The lowest BCUT2D eigenvalue weighted by Gasteiger charge is -2.25. The lowest BCUT2D eigenvalue weighted by molar-refractivity contribution is 0.339. The summed E-state index contributed by atoms with van der Waals surface area (Å²) in [5.41, 5.74) is 0.975. The van der Waals surface area contributed by atoms with Crippen LogP contribution in [0.5, 0.6) is 11.5 Å². The lowest BCUT2D eigenvalue weighted by Crippen LogP contribution is -2.31. The van der Waals surface area contributed by atoms with Crippen molar-refractivity contribution in [3.8, 4) is 11.5 Å². The maximum atomic E-state index is 13.3. The Balaban J connectivity index is 1.95. The van der Waals surface area contributed by atoms with E-state index in [2.05, 4.69) is 15.9 Å². The van der Waals surface area contributed by atoms with Crippen LogP contribution < -0.4 is 9.47 Å². The van der Waals surface area contributed by atoms with Crippen LogP contribution in [0.3, 0.4) is 0 Å². The number of halogens is 1. The van der Waals surface area contributed by atoms with E-state index in [1.165, 1.54) is 7.11 Å². The Hall–Kier alpha value is -1.57. The zero-order valence-electron chi connectivity index (χ0n) is 14.8. The summed E-state index contributed by atoms with van der Waals surface area (Å²) in [5.74, 6) is 1.14. The highest BCUT2D eigenvalue weighted by molar-refractivity contribution is 9.10. The maximum Gasteiger partial charge on any atom is 0.247 e. The highest BCUT2D eigenvalue weighted by Gasteiger charge is 2.37. The molecule has 1 heterocycles. The summed E-state index contributed by atoms with van der Waals surface area (Å²) in [7, 11) is -2.19. The Bertz CT molecular complexity index is 868. The molecule has 0 amide bonds. The van der Waals surface area contributed by atoms with Crippen molar-refractivity contribution < 1.29 is 17.9 Å². The summed E-state index contributed by atoms with van der Waals surface area (Å²) >= 11 is 3.36. The monoisotopic (exact) mass is 439 g/mol. The largest absolute Gasteiger partial charge is 0.495 e. The predicted molar refractivity (Wildman–Crippen MR) is 104 cm³/mol. The summed E-state index contributed by atoms with van der Waals surface area (Å²) in [6.07, 6.45) is 1.62. The lowest BCUT2D eigenvalue weighted by atomic mass is 10.1. The van der Waals surface area contributed by atoms with Crippen LogP contribution in [0.25, 0.3) is 0 Å². The molecule has 1 atom stereocenters. The molecule has 0 aromatic heterocycles. The van der Waals surface area contributed by atoms with Crippen LogP contribution in [-0.4, -0.2) is 33.0 Å². The van der Waals surface area contributed by atoms with Gasteiger partial charge in [-0.25, -0.2) is 8.42 Å². The van der Waals surface area contributed by atoms with E-state index in [4.69, 9.17) is 9.47 Å². The molecular weight excluding hydrogens is 418 g/mol.